The van der Waals surface area contributed by atoms with Gasteiger partial charge in [0.2, 0.25) is 0 Å². The first-order valence-corrected chi connectivity index (χ1v) is 4.82. The van der Waals surface area contributed by atoms with Gasteiger partial charge in [-0.25, -0.2) is 0 Å². The predicted molar refractivity (Wildman–Crippen MR) is 40.1 cm³/mol. The molecule has 9 heavy (non-hydrogen) atoms. The van der Waals surface area contributed by atoms with Gasteiger partial charge in [0, 0.05) is 11.0 Å². The Balaban J connectivity index is 4.14. The summed E-state index contributed by atoms with van der Waals surface area (Å²) >= 11 is 0. The second kappa shape index (κ2) is 2.45. The zero-order valence-electron chi connectivity index (χ0n) is 6.37. The molecular formula is C6H14F2S. The van der Waals surface area contributed by atoms with Crippen LogP contribution in [-0.4, -0.2) is 11.0 Å². The highest BCUT2D eigenvalue weighted by Crippen LogP contribution is 2.60. The van der Waals surface area contributed by atoms with Crippen molar-refractivity contribution in [3.05, 3.63) is 0 Å². The molecule has 0 saturated carbocycles. The average molecular weight is 156 g/mol. The third-order valence-electron chi connectivity index (χ3n) is 1.82. The van der Waals surface area contributed by atoms with E-state index in [4.69, 9.17) is 0 Å². The Bertz CT molecular complexity index is 93.7. The van der Waals surface area contributed by atoms with E-state index in [9.17, 15) is 7.77 Å². The van der Waals surface area contributed by atoms with Crippen molar-refractivity contribution in [3.8, 4) is 0 Å². The molecule has 0 bridgehead atoms. The molecule has 0 unspecified atom stereocenters. The molecule has 0 spiro atoms. The molecule has 0 amide bonds. The van der Waals surface area contributed by atoms with E-state index < -0.39 is 15.5 Å². The maximum Gasteiger partial charge on any atom is 0.0596 e. The van der Waals surface area contributed by atoms with Gasteiger partial charge in [-0.3, -0.25) is 0 Å². The maximum absolute atomic E-state index is 12.6. The van der Waals surface area contributed by atoms with Gasteiger partial charge in [0.1, 0.15) is 0 Å². The van der Waals surface area contributed by atoms with Crippen LogP contribution in [0.5, 0.6) is 0 Å². The van der Waals surface area contributed by atoms with Crippen molar-refractivity contribution in [2.75, 3.05) is 6.26 Å². The van der Waals surface area contributed by atoms with Crippen molar-refractivity contribution in [1.29, 1.82) is 0 Å². The minimum atomic E-state index is -3.35. The molecule has 0 heterocycles. The highest BCUT2D eigenvalue weighted by molar-refractivity contribution is 8.25. The monoisotopic (exact) mass is 156 g/mol. The molecule has 0 aromatic heterocycles. The molecule has 0 nitrogen and oxygen atoms in total. The Kier molecular flexibility index (Phi) is 2.50. The molecule has 58 valence electrons. The van der Waals surface area contributed by atoms with Crippen LogP contribution in [0.3, 0.4) is 0 Å². The normalized spacial score (nSPS) is 15.8. The summed E-state index contributed by atoms with van der Waals surface area (Å²) in [5.41, 5.74) is 0. The zero-order valence-corrected chi connectivity index (χ0v) is 7.19. The highest BCUT2D eigenvalue weighted by Gasteiger charge is 2.35. The molecule has 0 aliphatic heterocycles. The topological polar surface area (TPSA) is 0 Å². The van der Waals surface area contributed by atoms with E-state index in [1.807, 2.05) is 0 Å². The quantitative estimate of drug-likeness (QED) is 0.575. The van der Waals surface area contributed by atoms with Gasteiger partial charge >= 0.3 is 0 Å². The van der Waals surface area contributed by atoms with Gasteiger partial charge in [0.15, 0.2) is 0 Å². The van der Waals surface area contributed by atoms with Crippen LogP contribution in [0.4, 0.5) is 7.77 Å². The minimum Gasteiger partial charge on any atom is -0.158 e. The number of rotatable bonds is 2. The van der Waals surface area contributed by atoms with Crippen molar-refractivity contribution < 1.29 is 7.77 Å². The van der Waals surface area contributed by atoms with E-state index >= 15 is 0 Å². The molecule has 0 saturated heterocycles. The summed E-state index contributed by atoms with van der Waals surface area (Å²) in [5.74, 6) is 0. The smallest absolute Gasteiger partial charge is 0.0596 e. The summed E-state index contributed by atoms with van der Waals surface area (Å²) in [4.78, 5) is 0. The molecule has 0 aliphatic rings. The highest BCUT2D eigenvalue weighted by atomic mass is 32.3. The fourth-order valence-corrected chi connectivity index (χ4v) is 0.760. The van der Waals surface area contributed by atoms with E-state index in [1.165, 1.54) is 0 Å². The van der Waals surface area contributed by atoms with Gasteiger partial charge < -0.3 is 0 Å². The Morgan fingerprint density at radius 3 is 1.67 bits per heavy atom. The lowest BCUT2D eigenvalue weighted by atomic mass is 10.1. The van der Waals surface area contributed by atoms with E-state index in [1.54, 1.807) is 20.8 Å². The van der Waals surface area contributed by atoms with Gasteiger partial charge in [-0.15, -0.1) is 0 Å². The number of hydrogen-bond acceptors (Lipinski definition) is 0. The predicted octanol–water partition coefficient (Wildman–Crippen LogP) is 3.38. The zero-order chi connectivity index (χ0) is 7.71. The molecule has 0 atom stereocenters. The van der Waals surface area contributed by atoms with Crippen LogP contribution in [0, 0.1) is 0 Å². The molecule has 0 aliphatic carbocycles. The second-order valence-corrected chi connectivity index (χ2v) is 5.39. The first-order valence-electron chi connectivity index (χ1n) is 2.98. The number of halogens is 2. The van der Waals surface area contributed by atoms with E-state index in [0.717, 1.165) is 6.26 Å². The SMILES string of the molecule is CCC(C)(C)S(C)(F)F. The van der Waals surface area contributed by atoms with Gasteiger partial charge in [0.05, 0.1) is 10.8 Å². The van der Waals surface area contributed by atoms with Crippen LogP contribution < -0.4 is 0 Å². The van der Waals surface area contributed by atoms with Crippen LogP contribution >= 0.6 is 10.8 Å². The van der Waals surface area contributed by atoms with Crippen molar-refractivity contribution in [2.45, 2.75) is 31.9 Å². The van der Waals surface area contributed by atoms with Crippen molar-refractivity contribution in [1.82, 2.24) is 0 Å². The third kappa shape index (κ3) is 2.12. The summed E-state index contributed by atoms with van der Waals surface area (Å²) in [5, 5.41) is 0. The van der Waals surface area contributed by atoms with E-state index in [0.29, 0.717) is 6.42 Å². The molecule has 3 heteroatoms. The molecular weight excluding hydrogens is 142 g/mol. The second-order valence-electron chi connectivity index (χ2n) is 2.84. The summed E-state index contributed by atoms with van der Waals surface area (Å²) in [7, 11) is -3.35. The van der Waals surface area contributed by atoms with Crippen LogP contribution in [-0.2, 0) is 0 Å². The Hall–Kier alpha value is 0.210. The third-order valence-corrected chi connectivity index (χ3v) is 4.05. The molecule has 0 radical (unpaired) electrons. The van der Waals surface area contributed by atoms with Crippen LogP contribution in [0.25, 0.3) is 0 Å². The van der Waals surface area contributed by atoms with Gasteiger partial charge in [-0.2, -0.15) is 7.77 Å². The maximum atomic E-state index is 12.6. The van der Waals surface area contributed by atoms with Gasteiger partial charge in [-0.1, -0.05) is 6.92 Å². The Labute approximate surface area is 57.5 Å². The lowest BCUT2D eigenvalue weighted by Crippen LogP contribution is -2.20. The summed E-state index contributed by atoms with van der Waals surface area (Å²) in [6.07, 6.45) is 1.60. The number of hydrogen-bond donors (Lipinski definition) is 0. The van der Waals surface area contributed by atoms with Gasteiger partial charge in [-0.05, 0) is 20.3 Å². The van der Waals surface area contributed by atoms with Crippen LogP contribution in [0.1, 0.15) is 27.2 Å². The Morgan fingerprint density at radius 1 is 1.33 bits per heavy atom. The Morgan fingerprint density at radius 2 is 1.67 bits per heavy atom. The molecule has 0 aromatic rings. The van der Waals surface area contributed by atoms with E-state index in [2.05, 4.69) is 0 Å². The fraction of sp³-hybridized carbons (Fsp3) is 1.00. The first-order chi connectivity index (χ1) is 3.81. The van der Waals surface area contributed by atoms with Crippen molar-refractivity contribution in [3.63, 3.8) is 0 Å². The van der Waals surface area contributed by atoms with Crippen molar-refractivity contribution >= 4 is 10.8 Å². The average Bonchev–Trinajstić information content (AvgIpc) is 1.64. The molecule has 0 N–H and O–H groups in total. The largest absolute Gasteiger partial charge is 0.158 e. The van der Waals surface area contributed by atoms with Crippen LogP contribution in [0.2, 0.25) is 0 Å². The lowest BCUT2D eigenvalue weighted by Gasteiger charge is -2.33. The summed E-state index contributed by atoms with van der Waals surface area (Å²) in [6.45, 7) is 5.02. The fourth-order valence-electron chi connectivity index (χ4n) is 0.253. The standard InChI is InChI=1S/C6H14F2S/c1-5-6(2,3)9(4,7)8/h5H2,1-4H3. The molecule has 0 aromatic carbocycles. The lowest BCUT2D eigenvalue weighted by molar-refractivity contribution is 0.592. The van der Waals surface area contributed by atoms with Crippen molar-refractivity contribution in [2.24, 2.45) is 0 Å². The van der Waals surface area contributed by atoms with Gasteiger partial charge in [0.25, 0.3) is 0 Å². The summed E-state index contributed by atoms with van der Waals surface area (Å²) in [6, 6.07) is 0. The minimum absolute atomic E-state index is 0.547. The summed E-state index contributed by atoms with van der Waals surface area (Å²) < 4.78 is 24.4. The first kappa shape index (κ1) is 9.21. The molecule has 0 fully saturated rings. The molecule has 0 rings (SSSR count). The van der Waals surface area contributed by atoms with Crippen LogP contribution in [0.15, 0.2) is 0 Å². The van der Waals surface area contributed by atoms with E-state index in [-0.39, 0.29) is 0 Å².